The molecule has 0 amide bonds. The van der Waals surface area contributed by atoms with Crippen LogP contribution in [0.1, 0.15) is 47.8 Å². The van der Waals surface area contributed by atoms with Gasteiger partial charge in [-0.2, -0.15) is 4.98 Å². The summed E-state index contributed by atoms with van der Waals surface area (Å²) in [6, 6.07) is 0.294. The molecule has 0 aromatic carbocycles. The maximum absolute atomic E-state index is 15.3. The number of halogens is 2. The number of rotatable bonds is 12. The summed E-state index contributed by atoms with van der Waals surface area (Å²) in [5.74, 6) is -0.457. The van der Waals surface area contributed by atoms with E-state index in [1.165, 1.54) is 13.0 Å². The monoisotopic (exact) mass is 632 g/mol. The van der Waals surface area contributed by atoms with Gasteiger partial charge >= 0.3 is 11.7 Å². The van der Waals surface area contributed by atoms with Gasteiger partial charge in [0.25, 0.3) is 11.8 Å². The summed E-state index contributed by atoms with van der Waals surface area (Å²) in [7, 11) is 0. The highest BCUT2D eigenvalue weighted by Crippen LogP contribution is 2.48. The third-order valence-electron chi connectivity index (χ3n) is 5.14. The van der Waals surface area contributed by atoms with E-state index in [2.05, 4.69) is 10.1 Å². The fraction of sp³-hybridized carbons (Fsp3) is 0.727. The second kappa shape index (κ2) is 13.7. The number of carbonyl (C=O) groups excluding carboxylic acids is 2. The molecule has 1 aliphatic rings. The minimum atomic E-state index is -3.50. The molecule has 2 heterocycles. The molecule has 1 aliphatic heterocycles. The van der Waals surface area contributed by atoms with Crippen molar-refractivity contribution in [2.75, 3.05) is 24.7 Å². The van der Waals surface area contributed by atoms with Gasteiger partial charge in [0.1, 0.15) is 24.1 Å². The third-order valence-corrected chi connectivity index (χ3v) is 9.46. The van der Waals surface area contributed by atoms with Crippen molar-refractivity contribution < 1.29 is 37.6 Å². The number of nitrogens with one attached hydrogen (secondary N) is 1. The van der Waals surface area contributed by atoms with Crippen LogP contribution in [-0.2, 0) is 39.9 Å². The zero-order valence-corrected chi connectivity index (χ0v) is 25.7. The fourth-order valence-corrected chi connectivity index (χ4v) is 6.69. The van der Waals surface area contributed by atoms with E-state index >= 15 is 4.39 Å². The minimum Gasteiger partial charge on any atom is -0.462 e. The molecule has 17 heteroatoms. The molecule has 222 valence electrons. The van der Waals surface area contributed by atoms with Crippen molar-refractivity contribution in [2.24, 2.45) is 5.41 Å². The van der Waals surface area contributed by atoms with Gasteiger partial charge in [-0.3, -0.25) is 14.2 Å². The fourth-order valence-electron chi connectivity index (χ4n) is 3.13. The van der Waals surface area contributed by atoms with E-state index in [1.54, 1.807) is 34.6 Å². The minimum absolute atomic E-state index is 0.0194. The van der Waals surface area contributed by atoms with Gasteiger partial charge in [-0.25, -0.2) is 14.3 Å². The van der Waals surface area contributed by atoms with Crippen LogP contribution in [0.2, 0.25) is 0 Å². The highest BCUT2D eigenvalue weighted by atomic mass is 35.5. The van der Waals surface area contributed by atoms with Crippen molar-refractivity contribution in [1.29, 1.82) is 0 Å². The Morgan fingerprint density at radius 2 is 2.05 bits per heavy atom. The van der Waals surface area contributed by atoms with Gasteiger partial charge in [-0.05, 0) is 38.6 Å². The van der Waals surface area contributed by atoms with Gasteiger partial charge in [-0.15, -0.1) is 0 Å². The lowest BCUT2D eigenvalue weighted by atomic mass is 10.00. The van der Waals surface area contributed by atoms with Gasteiger partial charge in [0, 0.05) is 17.4 Å². The second-order valence-electron chi connectivity index (χ2n) is 10.0. The number of thioether (sulfide) groups is 1. The van der Waals surface area contributed by atoms with Crippen LogP contribution in [0.25, 0.3) is 0 Å². The molecule has 1 saturated heterocycles. The van der Waals surface area contributed by atoms with E-state index in [1.807, 2.05) is 0 Å². The molecule has 6 atom stereocenters. The maximum Gasteiger partial charge on any atom is 0.351 e. The highest BCUT2D eigenvalue weighted by molar-refractivity contribution is 8.13. The number of nitrogen functional groups attached to an aromatic ring is 1. The van der Waals surface area contributed by atoms with Crippen LogP contribution in [-0.4, -0.2) is 74.2 Å². The number of nitrogens with zero attached hydrogens (tertiary/aromatic N) is 2. The Morgan fingerprint density at radius 1 is 1.41 bits per heavy atom. The number of aliphatic hydroxyl groups excluding tert-OH is 1. The number of anilines is 1. The molecule has 0 spiro atoms. The zero-order valence-electron chi connectivity index (χ0n) is 22.5. The first-order valence-electron chi connectivity index (χ1n) is 12.0. The number of alkyl halides is 2. The number of ether oxygens (including phenoxy) is 2. The average molecular weight is 633 g/mol. The van der Waals surface area contributed by atoms with Crippen LogP contribution >= 0.6 is 30.0 Å². The molecular weight excluding hydrogens is 598 g/mol. The van der Waals surface area contributed by atoms with Crippen molar-refractivity contribution in [3.63, 3.8) is 0 Å². The van der Waals surface area contributed by atoms with E-state index < -0.39 is 59.9 Å². The van der Waals surface area contributed by atoms with E-state index in [-0.39, 0.29) is 29.4 Å². The summed E-state index contributed by atoms with van der Waals surface area (Å²) < 4.78 is 38.3. The smallest absolute Gasteiger partial charge is 0.351 e. The molecule has 12 nitrogen and oxygen atoms in total. The van der Waals surface area contributed by atoms with Gasteiger partial charge in [0.2, 0.25) is 0 Å². The van der Waals surface area contributed by atoms with Crippen molar-refractivity contribution >= 4 is 58.7 Å². The van der Waals surface area contributed by atoms with E-state index in [4.69, 9.17) is 47.7 Å². The predicted molar refractivity (Wildman–Crippen MR) is 149 cm³/mol. The SMILES string of the molecule is CC(C)OC(=O)[C@@H](C)NP(=S)(OCCSC(=O)C(C)(C)C)OC[C@H]1O[C@@H](n2ccc(N)nc2=O)[C@](F)(Cl)[C@@H]1O. The van der Waals surface area contributed by atoms with Gasteiger partial charge in [0.15, 0.2) is 11.3 Å². The van der Waals surface area contributed by atoms with E-state index in [9.17, 15) is 19.5 Å². The molecule has 1 aromatic heterocycles. The first-order valence-corrected chi connectivity index (χ1v) is 16.0. The second-order valence-corrected chi connectivity index (χ2v) is 14.9. The number of nitrogens with two attached hydrogens (primary N) is 1. The molecule has 39 heavy (non-hydrogen) atoms. The van der Waals surface area contributed by atoms with Crippen molar-refractivity contribution in [1.82, 2.24) is 14.6 Å². The summed E-state index contributed by atoms with van der Waals surface area (Å²) in [6.07, 6.45) is -4.33. The lowest BCUT2D eigenvalue weighted by molar-refractivity contribution is -0.149. The molecule has 4 N–H and O–H groups in total. The van der Waals surface area contributed by atoms with Crippen LogP contribution < -0.4 is 16.5 Å². The molecule has 1 fully saturated rings. The maximum atomic E-state index is 15.3. The van der Waals surface area contributed by atoms with E-state index in [0.717, 1.165) is 22.5 Å². The number of aromatic nitrogens is 2. The summed E-state index contributed by atoms with van der Waals surface area (Å²) in [6.45, 7) is 6.20. The molecule has 1 aromatic rings. The molecule has 0 bridgehead atoms. The zero-order chi connectivity index (χ0) is 29.8. The largest absolute Gasteiger partial charge is 0.462 e. The number of aliphatic hydroxyl groups is 1. The van der Waals surface area contributed by atoms with E-state index in [0.29, 0.717) is 0 Å². The van der Waals surface area contributed by atoms with Crippen LogP contribution in [0.15, 0.2) is 17.1 Å². The van der Waals surface area contributed by atoms with Gasteiger partial charge in [-0.1, -0.05) is 44.1 Å². The Labute approximate surface area is 240 Å². The molecule has 1 unspecified atom stereocenters. The first-order chi connectivity index (χ1) is 17.9. The first kappa shape index (κ1) is 34.0. The van der Waals surface area contributed by atoms with Gasteiger partial charge in [0.05, 0.1) is 19.3 Å². The summed E-state index contributed by atoms with van der Waals surface area (Å²) in [5.41, 5.74) is 3.99. The molecule has 2 rings (SSSR count). The Bertz CT molecular complexity index is 1140. The number of esters is 1. The van der Waals surface area contributed by atoms with Crippen LogP contribution in [0, 0.1) is 5.41 Å². The van der Waals surface area contributed by atoms with Crippen LogP contribution in [0.5, 0.6) is 0 Å². The predicted octanol–water partition coefficient (Wildman–Crippen LogP) is 2.48. The van der Waals surface area contributed by atoms with Crippen molar-refractivity contribution in [2.45, 2.75) is 77.3 Å². The normalized spacial score (nSPS) is 25.8. The molecular formula is C22H35ClFN4O8PS2. The number of hydrogen-bond acceptors (Lipinski definition) is 12. The quantitative estimate of drug-likeness (QED) is 0.133. The van der Waals surface area contributed by atoms with Gasteiger partial charge < -0.3 is 29.4 Å². The Morgan fingerprint density at radius 3 is 2.62 bits per heavy atom. The molecule has 0 aliphatic carbocycles. The Kier molecular flexibility index (Phi) is 11.9. The molecule has 0 saturated carbocycles. The van der Waals surface area contributed by atoms with Crippen LogP contribution in [0.3, 0.4) is 0 Å². The summed E-state index contributed by atoms with van der Waals surface area (Å²) in [5, 5.41) is 10.4. The molecule has 0 radical (unpaired) electrons. The number of hydrogen-bond donors (Lipinski definition) is 3. The van der Waals surface area contributed by atoms with Crippen molar-refractivity contribution in [3.8, 4) is 0 Å². The van der Waals surface area contributed by atoms with Crippen LogP contribution in [0.4, 0.5) is 10.2 Å². The standard InChI is InChI=1S/C22H35ClFN4O8PS2/c1-12(2)35-17(30)13(3)27-37(38,33-9-10-39-19(31)21(4,5)6)34-11-14-16(29)22(23,24)18(36-14)28-8-7-15(25)26-20(28)32/h7-8,12-14,16,18,29H,9-11H2,1-6H3,(H,27,38)(H2,25,26,32)/t13-,14-,16-,18-,22+,37?/m1/s1. The lowest BCUT2D eigenvalue weighted by Gasteiger charge is -2.28. The highest BCUT2D eigenvalue weighted by Gasteiger charge is 2.58. The lowest BCUT2D eigenvalue weighted by Crippen LogP contribution is -2.41. The Hall–Kier alpha value is -1.16. The van der Waals surface area contributed by atoms with Crippen molar-refractivity contribution in [3.05, 3.63) is 22.7 Å². The number of carbonyl (C=O) groups is 2. The topological polar surface area (TPSA) is 164 Å². The summed E-state index contributed by atoms with van der Waals surface area (Å²) in [4.78, 5) is 40.3. The summed E-state index contributed by atoms with van der Waals surface area (Å²) >= 11 is 12.6. The Balaban J connectivity index is 2.16. The third kappa shape index (κ3) is 9.44. The average Bonchev–Trinajstić information content (AvgIpc) is 3.03.